The number of amidine groups is 1. The maximum absolute atomic E-state index is 8.73. The van der Waals surface area contributed by atoms with Crippen LogP contribution < -0.4 is 10.6 Å². The molecule has 3 N–H and O–H groups in total. The van der Waals surface area contributed by atoms with E-state index >= 15 is 0 Å². The van der Waals surface area contributed by atoms with Crippen LogP contribution in [0, 0.1) is 5.92 Å². The Morgan fingerprint density at radius 1 is 1.50 bits per heavy atom. The number of benzene rings is 1. The fraction of sp³-hybridized carbons (Fsp3) is 0.500. The van der Waals surface area contributed by atoms with Gasteiger partial charge in [-0.05, 0) is 52.9 Å². The summed E-state index contributed by atoms with van der Waals surface area (Å²) < 4.78 is 6.06. The summed E-state index contributed by atoms with van der Waals surface area (Å²) in [7, 11) is 1.76. The van der Waals surface area contributed by atoms with Gasteiger partial charge in [0, 0.05) is 42.5 Å². The van der Waals surface area contributed by atoms with E-state index in [1.165, 1.54) is 0 Å². The Labute approximate surface area is 127 Å². The molecule has 0 saturated carbocycles. The van der Waals surface area contributed by atoms with E-state index in [9.17, 15) is 0 Å². The van der Waals surface area contributed by atoms with Gasteiger partial charge in [0.05, 0.1) is 0 Å². The van der Waals surface area contributed by atoms with E-state index in [-0.39, 0.29) is 5.84 Å². The Morgan fingerprint density at radius 3 is 2.75 bits per heavy atom. The van der Waals surface area contributed by atoms with Gasteiger partial charge in [0.25, 0.3) is 0 Å². The van der Waals surface area contributed by atoms with E-state index in [0.717, 1.165) is 42.7 Å². The minimum Gasteiger partial charge on any atom is -0.409 e. The van der Waals surface area contributed by atoms with Gasteiger partial charge in [-0.25, -0.2) is 0 Å². The smallest absolute Gasteiger partial charge is 0.171 e. The third-order valence-electron chi connectivity index (χ3n) is 3.72. The van der Waals surface area contributed by atoms with Crippen LogP contribution >= 0.6 is 15.9 Å². The zero-order chi connectivity index (χ0) is 14.5. The fourth-order valence-corrected chi connectivity index (χ4v) is 3.13. The molecule has 6 heteroatoms. The summed E-state index contributed by atoms with van der Waals surface area (Å²) in [5.74, 6) is 0.776. The molecule has 110 valence electrons. The molecule has 0 aromatic heterocycles. The van der Waals surface area contributed by atoms with Crippen LogP contribution in [0.2, 0.25) is 0 Å². The number of ether oxygens (including phenoxy) is 1. The molecule has 0 unspecified atom stereocenters. The Balaban J connectivity index is 2.06. The number of hydrogen-bond acceptors (Lipinski definition) is 4. The molecule has 1 aliphatic heterocycles. The van der Waals surface area contributed by atoms with Crippen LogP contribution in [0.3, 0.4) is 0 Å². The highest BCUT2D eigenvalue weighted by Gasteiger charge is 2.20. The monoisotopic (exact) mass is 341 g/mol. The van der Waals surface area contributed by atoms with Crippen LogP contribution in [0.25, 0.3) is 0 Å². The Morgan fingerprint density at radius 2 is 2.20 bits per heavy atom. The fourth-order valence-electron chi connectivity index (χ4n) is 2.56. The number of halogens is 1. The number of methoxy groups -OCH3 is 1. The van der Waals surface area contributed by atoms with Crippen molar-refractivity contribution in [2.45, 2.75) is 12.8 Å². The normalized spacial score (nSPS) is 17.5. The van der Waals surface area contributed by atoms with Gasteiger partial charge in [-0.3, -0.25) is 0 Å². The number of oxime groups is 1. The van der Waals surface area contributed by atoms with Crippen LogP contribution in [-0.4, -0.2) is 37.8 Å². The molecule has 0 radical (unpaired) electrons. The highest BCUT2D eigenvalue weighted by molar-refractivity contribution is 9.10. The highest BCUT2D eigenvalue weighted by atomic mass is 79.9. The summed E-state index contributed by atoms with van der Waals surface area (Å²) in [6, 6.07) is 5.90. The number of hydrogen-bond donors (Lipinski definition) is 2. The van der Waals surface area contributed by atoms with Gasteiger partial charge in [-0.2, -0.15) is 0 Å². The molecule has 0 bridgehead atoms. The zero-order valence-corrected chi connectivity index (χ0v) is 13.1. The van der Waals surface area contributed by atoms with Crippen molar-refractivity contribution in [3.8, 4) is 0 Å². The Kier molecular flexibility index (Phi) is 5.25. The van der Waals surface area contributed by atoms with Crippen LogP contribution in [-0.2, 0) is 4.74 Å². The summed E-state index contributed by atoms with van der Waals surface area (Å²) in [5, 5.41) is 11.8. The van der Waals surface area contributed by atoms with Crippen LogP contribution in [0.4, 0.5) is 5.69 Å². The highest BCUT2D eigenvalue weighted by Crippen LogP contribution is 2.27. The van der Waals surface area contributed by atoms with E-state index in [0.29, 0.717) is 11.5 Å². The third kappa shape index (κ3) is 3.43. The summed E-state index contributed by atoms with van der Waals surface area (Å²) in [6.45, 7) is 2.91. The second kappa shape index (κ2) is 6.95. The molecule has 1 aromatic carbocycles. The second-order valence-corrected chi connectivity index (χ2v) is 5.89. The van der Waals surface area contributed by atoms with E-state index in [1.54, 1.807) is 7.11 Å². The molecule has 20 heavy (non-hydrogen) atoms. The largest absolute Gasteiger partial charge is 0.409 e. The molecule has 1 aliphatic rings. The molecular formula is C14H20BrN3O2. The van der Waals surface area contributed by atoms with Gasteiger partial charge in [-0.1, -0.05) is 5.16 Å². The van der Waals surface area contributed by atoms with Gasteiger partial charge in [0.2, 0.25) is 0 Å². The van der Waals surface area contributed by atoms with Gasteiger partial charge in [0.1, 0.15) is 0 Å². The molecular weight excluding hydrogens is 322 g/mol. The zero-order valence-electron chi connectivity index (χ0n) is 11.6. The third-order valence-corrected chi connectivity index (χ3v) is 4.37. The first-order valence-corrected chi connectivity index (χ1v) is 7.46. The van der Waals surface area contributed by atoms with Crippen LogP contribution in [0.1, 0.15) is 18.4 Å². The molecule has 1 heterocycles. The van der Waals surface area contributed by atoms with Gasteiger partial charge >= 0.3 is 0 Å². The first kappa shape index (κ1) is 15.1. The molecule has 0 spiro atoms. The van der Waals surface area contributed by atoms with Crippen molar-refractivity contribution in [2.75, 3.05) is 31.7 Å². The van der Waals surface area contributed by atoms with Crippen molar-refractivity contribution in [3.63, 3.8) is 0 Å². The van der Waals surface area contributed by atoms with Crippen molar-refractivity contribution in [3.05, 3.63) is 28.2 Å². The molecule has 5 nitrogen and oxygen atoms in total. The quantitative estimate of drug-likeness (QED) is 0.382. The van der Waals surface area contributed by atoms with Crippen LogP contribution in [0.15, 0.2) is 27.8 Å². The predicted octanol–water partition coefficient (Wildman–Crippen LogP) is 2.41. The van der Waals surface area contributed by atoms with Crippen molar-refractivity contribution in [1.82, 2.24) is 0 Å². The first-order chi connectivity index (χ1) is 9.65. The van der Waals surface area contributed by atoms with E-state index < -0.39 is 0 Å². The molecule has 1 saturated heterocycles. The minimum atomic E-state index is 0.113. The number of nitrogens with two attached hydrogens (primary N) is 1. The molecule has 2 rings (SSSR count). The maximum atomic E-state index is 8.73. The van der Waals surface area contributed by atoms with Gasteiger partial charge < -0.3 is 20.6 Å². The number of rotatable bonds is 4. The van der Waals surface area contributed by atoms with Crippen molar-refractivity contribution in [2.24, 2.45) is 16.8 Å². The SMILES string of the molecule is COCC1CCN(c2ccc(/C(N)=N/O)c(Br)c2)CC1. The van der Waals surface area contributed by atoms with Gasteiger partial charge in [0.15, 0.2) is 5.84 Å². The lowest BCUT2D eigenvalue weighted by Crippen LogP contribution is -2.35. The standard InChI is InChI=1S/C14H20BrN3O2/c1-20-9-10-4-6-18(7-5-10)11-2-3-12(13(15)8-11)14(16)17-19/h2-3,8,10,19H,4-7,9H2,1H3,(H2,16,17). The van der Waals surface area contributed by atoms with Crippen LogP contribution in [0.5, 0.6) is 0 Å². The summed E-state index contributed by atoms with van der Waals surface area (Å²) in [4.78, 5) is 2.35. The molecule has 1 aromatic rings. The first-order valence-electron chi connectivity index (χ1n) is 6.67. The lowest BCUT2D eigenvalue weighted by Gasteiger charge is -2.33. The topological polar surface area (TPSA) is 71.1 Å². The molecule has 1 fully saturated rings. The average molecular weight is 342 g/mol. The molecule has 0 aliphatic carbocycles. The number of piperidine rings is 1. The molecule has 0 amide bonds. The molecule has 0 atom stereocenters. The number of anilines is 1. The minimum absolute atomic E-state index is 0.113. The number of nitrogens with zero attached hydrogens (tertiary/aromatic N) is 2. The summed E-state index contributed by atoms with van der Waals surface area (Å²) >= 11 is 3.47. The lowest BCUT2D eigenvalue weighted by molar-refractivity contribution is 0.139. The average Bonchev–Trinajstić information content (AvgIpc) is 2.47. The van der Waals surface area contributed by atoms with E-state index in [2.05, 4.69) is 26.0 Å². The van der Waals surface area contributed by atoms with E-state index in [1.807, 2.05) is 18.2 Å². The van der Waals surface area contributed by atoms with Crippen molar-refractivity contribution in [1.29, 1.82) is 0 Å². The second-order valence-electron chi connectivity index (χ2n) is 5.04. The summed E-state index contributed by atoms with van der Waals surface area (Å²) in [6.07, 6.45) is 2.29. The van der Waals surface area contributed by atoms with Gasteiger partial charge in [-0.15, -0.1) is 0 Å². The lowest BCUT2D eigenvalue weighted by atomic mass is 9.97. The predicted molar refractivity (Wildman–Crippen MR) is 83.5 cm³/mol. The Bertz CT molecular complexity index is 485. The summed E-state index contributed by atoms with van der Waals surface area (Å²) in [5.41, 5.74) is 7.47. The van der Waals surface area contributed by atoms with Crippen molar-refractivity contribution >= 4 is 27.5 Å². The van der Waals surface area contributed by atoms with Crippen molar-refractivity contribution < 1.29 is 9.94 Å². The Hall–Kier alpha value is -1.27. The maximum Gasteiger partial charge on any atom is 0.171 e. The van der Waals surface area contributed by atoms with E-state index in [4.69, 9.17) is 15.7 Å².